The molecule has 0 radical (unpaired) electrons. The lowest BCUT2D eigenvalue weighted by atomic mass is 9.99. The number of nitrogens with zero attached hydrogens (tertiary/aromatic N) is 4. The second-order valence-electron chi connectivity index (χ2n) is 7.03. The molecule has 0 saturated carbocycles. The van der Waals surface area contributed by atoms with Gasteiger partial charge in [0.05, 0.1) is 36.1 Å². The Balaban J connectivity index is 1.65. The molecule has 0 bridgehead atoms. The summed E-state index contributed by atoms with van der Waals surface area (Å²) in [5, 5.41) is 12.5. The van der Waals surface area contributed by atoms with Gasteiger partial charge < -0.3 is 4.90 Å². The van der Waals surface area contributed by atoms with E-state index in [1.54, 1.807) is 6.20 Å². The Bertz CT molecular complexity index is 910. The second kappa shape index (κ2) is 6.35. The maximum atomic E-state index is 13.3. The Morgan fingerprint density at radius 3 is 2.92 bits per heavy atom. The lowest BCUT2D eigenvalue weighted by Gasteiger charge is -2.36. The van der Waals surface area contributed by atoms with Gasteiger partial charge in [-0.3, -0.25) is 14.6 Å². The fourth-order valence-corrected chi connectivity index (χ4v) is 3.77. The molecule has 0 unspecified atom stereocenters. The number of aryl methyl sites for hydroxylation is 2. The molecule has 1 fully saturated rings. The van der Waals surface area contributed by atoms with E-state index in [0.29, 0.717) is 0 Å². The van der Waals surface area contributed by atoms with E-state index in [1.165, 1.54) is 0 Å². The predicted octanol–water partition coefficient (Wildman–Crippen LogP) is 3.07. The first-order chi connectivity index (χ1) is 12.1. The largest absolute Gasteiger partial charge is 0.334 e. The molecule has 0 aliphatic carbocycles. The van der Waals surface area contributed by atoms with Crippen molar-refractivity contribution in [2.24, 2.45) is 0 Å². The van der Waals surface area contributed by atoms with Crippen molar-refractivity contribution in [1.82, 2.24) is 24.9 Å². The Kier molecular flexibility index (Phi) is 4.03. The number of fused-ring (bicyclic) bond motifs is 1. The molecule has 1 aromatic carbocycles. The molecule has 6 nitrogen and oxygen atoms in total. The zero-order chi connectivity index (χ0) is 17.4. The summed E-state index contributed by atoms with van der Waals surface area (Å²) in [6.45, 7) is 5.60. The summed E-state index contributed by atoms with van der Waals surface area (Å²) in [6, 6.07) is 4.20. The monoisotopic (exact) mass is 337 g/mol. The maximum Gasteiger partial charge on any atom is 0.256 e. The van der Waals surface area contributed by atoms with Crippen LogP contribution in [0.3, 0.4) is 0 Å². The van der Waals surface area contributed by atoms with Crippen molar-refractivity contribution < 1.29 is 4.79 Å². The summed E-state index contributed by atoms with van der Waals surface area (Å²) in [5.74, 6) is 0.0894. The van der Waals surface area contributed by atoms with Gasteiger partial charge >= 0.3 is 0 Å². The Morgan fingerprint density at radius 1 is 1.24 bits per heavy atom. The predicted molar refractivity (Wildman–Crippen MR) is 96.5 cm³/mol. The van der Waals surface area contributed by atoms with Gasteiger partial charge in [-0.05, 0) is 56.4 Å². The minimum absolute atomic E-state index is 0.0894. The average Bonchev–Trinajstić information content (AvgIpc) is 3.22. The fraction of sp³-hybridized carbons (Fsp3) is 0.421. The van der Waals surface area contributed by atoms with Gasteiger partial charge in [-0.1, -0.05) is 0 Å². The SMILES string of the molecule is Cc1cc(C(=O)N2CCCC[C@H]2Cn2cc(C)cn2)c2[nH]ncc2c1. The van der Waals surface area contributed by atoms with E-state index in [4.69, 9.17) is 0 Å². The van der Waals surface area contributed by atoms with Crippen LogP contribution in [0.15, 0.2) is 30.7 Å². The van der Waals surface area contributed by atoms with Gasteiger partial charge in [-0.2, -0.15) is 10.2 Å². The number of piperidine rings is 1. The van der Waals surface area contributed by atoms with Crippen LogP contribution in [0.1, 0.15) is 40.7 Å². The van der Waals surface area contributed by atoms with Gasteiger partial charge in [0.25, 0.3) is 5.91 Å². The van der Waals surface area contributed by atoms with Gasteiger partial charge in [0, 0.05) is 18.1 Å². The minimum atomic E-state index is 0.0894. The van der Waals surface area contributed by atoms with Crippen LogP contribution < -0.4 is 0 Å². The molecule has 4 rings (SSSR count). The topological polar surface area (TPSA) is 66.8 Å². The van der Waals surface area contributed by atoms with Crippen LogP contribution >= 0.6 is 0 Å². The molecule has 6 heteroatoms. The molecular weight excluding hydrogens is 314 g/mol. The molecule has 25 heavy (non-hydrogen) atoms. The lowest BCUT2D eigenvalue weighted by molar-refractivity contribution is 0.0585. The van der Waals surface area contributed by atoms with E-state index in [9.17, 15) is 4.79 Å². The Morgan fingerprint density at radius 2 is 2.12 bits per heavy atom. The molecule has 130 valence electrons. The highest BCUT2D eigenvalue weighted by atomic mass is 16.2. The number of carbonyl (C=O) groups excluding carboxylic acids is 1. The van der Waals surface area contributed by atoms with Crippen molar-refractivity contribution in [3.05, 3.63) is 47.4 Å². The number of hydrogen-bond acceptors (Lipinski definition) is 3. The number of hydrogen-bond donors (Lipinski definition) is 1. The van der Waals surface area contributed by atoms with Crippen LogP contribution in [0, 0.1) is 13.8 Å². The van der Waals surface area contributed by atoms with Gasteiger partial charge in [-0.15, -0.1) is 0 Å². The van der Waals surface area contributed by atoms with Gasteiger partial charge in [0.1, 0.15) is 0 Å². The highest BCUT2D eigenvalue weighted by molar-refractivity contribution is 6.05. The van der Waals surface area contributed by atoms with Gasteiger partial charge in [-0.25, -0.2) is 0 Å². The molecule has 1 N–H and O–H groups in total. The lowest BCUT2D eigenvalue weighted by Crippen LogP contribution is -2.46. The second-order valence-corrected chi connectivity index (χ2v) is 7.03. The first-order valence-electron chi connectivity index (χ1n) is 8.85. The summed E-state index contributed by atoms with van der Waals surface area (Å²) in [7, 11) is 0. The maximum absolute atomic E-state index is 13.3. The molecule has 3 aromatic rings. The highest BCUT2D eigenvalue weighted by Crippen LogP contribution is 2.25. The van der Waals surface area contributed by atoms with Crippen molar-refractivity contribution in [2.75, 3.05) is 6.54 Å². The van der Waals surface area contributed by atoms with Crippen LogP contribution in [0.5, 0.6) is 0 Å². The van der Waals surface area contributed by atoms with E-state index in [1.807, 2.05) is 41.9 Å². The van der Waals surface area contributed by atoms with E-state index < -0.39 is 0 Å². The molecule has 1 aliphatic heterocycles. The summed E-state index contributed by atoms with van der Waals surface area (Å²) in [5.41, 5.74) is 3.77. The van der Waals surface area contributed by atoms with Crippen LogP contribution in [0.2, 0.25) is 0 Å². The Hall–Kier alpha value is -2.63. The fourth-order valence-electron chi connectivity index (χ4n) is 3.77. The van der Waals surface area contributed by atoms with Crippen molar-refractivity contribution >= 4 is 16.8 Å². The summed E-state index contributed by atoms with van der Waals surface area (Å²) in [6.07, 6.45) is 8.91. The van der Waals surface area contributed by atoms with Crippen LogP contribution in [-0.2, 0) is 6.54 Å². The zero-order valence-corrected chi connectivity index (χ0v) is 14.7. The highest BCUT2D eigenvalue weighted by Gasteiger charge is 2.29. The van der Waals surface area contributed by atoms with E-state index >= 15 is 0 Å². The third kappa shape index (κ3) is 3.04. The number of rotatable bonds is 3. The smallest absolute Gasteiger partial charge is 0.256 e. The average molecular weight is 337 g/mol. The zero-order valence-electron chi connectivity index (χ0n) is 14.7. The molecular formula is C19H23N5O. The Labute approximate surface area is 146 Å². The molecule has 3 heterocycles. The molecule has 1 amide bonds. The van der Waals surface area contributed by atoms with E-state index in [0.717, 1.165) is 59.9 Å². The quantitative estimate of drug-likeness (QED) is 0.799. The number of H-pyrrole nitrogens is 1. The number of amides is 1. The summed E-state index contributed by atoms with van der Waals surface area (Å²) >= 11 is 0. The normalized spacial score (nSPS) is 18.0. The summed E-state index contributed by atoms with van der Waals surface area (Å²) in [4.78, 5) is 15.3. The standard InChI is InChI=1S/C19H23N5O/c1-13-7-15-10-20-22-18(15)17(8-13)19(25)24-6-4-3-5-16(24)12-23-11-14(2)9-21-23/h7-11,16H,3-6,12H2,1-2H3,(H,20,22)/t16-/m0/s1. The number of benzene rings is 1. The number of aromatic amines is 1. The van der Waals surface area contributed by atoms with E-state index in [2.05, 4.69) is 21.4 Å². The molecule has 0 spiro atoms. The molecule has 1 saturated heterocycles. The van der Waals surface area contributed by atoms with Crippen LogP contribution in [0.25, 0.3) is 10.9 Å². The van der Waals surface area contributed by atoms with Crippen molar-refractivity contribution in [2.45, 2.75) is 45.7 Å². The summed E-state index contributed by atoms with van der Waals surface area (Å²) < 4.78 is 1.95. The van der Waals surface area contributed by atoms with Gasteiger partial charge in [0.2, 0.25) is 0 Å². The minimum Gasteiger partial charge on any atom is -0.334 e. The number of carbonyl (C=O) groups is 1. The third-order valence-electron chi connectivity index (χ3n) is 4.97. The first-order valence-corrected chi connectivity index (χ1v) is 8.85. The molecule has 1 aliphatic rings. The van der Waals surface area contributed by atoms with Crippen LogP contribution in [0.4, 0.5) is 0 Å². The van der Waals surface area contributed by atoms with Gasteiger partial charge in [0.15, 0.2) is 0 Å². The first kappa shape index (κ1) is 15.9. The van der Waals surface area contributed by atoms with Crippen LogP contribution in [-0.4, -0.2) is 43.4 Å². The van der Waals surface area contributed by atoms with Crippen molar-refractivity contribution in [3.8, 4) is 0 Å². The number of aromatic nitrogens is 4. The molecule has 2 aromatic heterocycles. The number of likely N-dealkylation sites (tertiary alicyclic amines) is 1. The third-order valence-corrected chi connectivity index (χ3v) is 4.97. The number of nitrogens with one attached hydrogen (secondary N) is 1. The van der Waals surface area contributed by atoms with Crippen molar-refractivity contribution in [3.63, 3.8) is 0 Å². The van der Waals surface area contributed by atoms with E-state index in [-0.39, 0.29) is 11.9 Å². The van der Waals surface area contributed by atoms with Crippen molar-refractivity contribution in [1.29, 1.82) is 0 Å². The molecule has 1 atom stereocenters.